The molecule has 0 amide bonds. The molecule has 4 rings (SSSR count). The van der Waals surface area contributed by atoms with Gasteiger partial charge >= 0.3 is 0 Å². The molecule has 148 valence electrons. The third-order valence-corrected chi connectivity index (χ3v) is 5.56. The Kier molecular flexibility index (Phi) is 6.01. The van der Waals surface area contributed by atoms with Gasteiger partial charge in [0.25, 0.3) is 0 Å². The van der Waals surface area contributed by atoms with Crippen LogP contribution in [-0.4, -0.2) is 19.9 Å². The van der Waals surface area contributed by atoms with E-state index >= 15 is 0 Å². The van der Waals surface area contributed by atoms with Crippen molar-refractivity contribution >= 4 is 34.2 Å². The Morgan fingerprint density at radius 2 is 1.59 bits per heavy atom. The maximum absolute atomic E-state index is 6.12. The second kappa shape index (κ2) is 8.67. The molecule has 3 aromatic carbocycles. The van der Waals surface area contributed by atoms with Crippen molar-refractivity contribution in [1.29, 1.82) is 0 Å². The largest absolute Gasteiger partial charge is 0.383 e. The van der Waals surface area contributed by atoms with E-state index in [2.05, 4.69) is 27.8 Å². The van der Waals surface area contributed by atoms with Crippen molar-refractivity contribution in [1.82, 2.24) is 0 Å². The van der Waals surface area contributed by atoms with Gasteiger partial charge in [0.1, 0.15) is 0 Å². The van der Waals surface area contributed by atoms with Crippen LogP contribution in [-0.2, 0) is 20.1 Å². The van der Waals surface area contributed by atoms with Gasteiger partial charge in [0.2, 0.25) is 5.79 Å². The fourth-order valence-corrected chi connectivity index (χ4v) is 4.09. The molecule has 0 radical (unpaired) electrons. The van der Waals surface area contributed by atoms with Crippen LogP contribution in [0.25, 0.3) is 0 Å². The SMILES string of the molecule is C=NOC(c1cccc(Br)c1)c1cccc(C2(c3ccc(Cl)cc3)OCCO2)c1. The quantitative estimate of drug-likeness (QED) is 0.323. The summed E-state index contributed by atoms with van der Waals surface area (Å²) in [5.41, 5.74) is 3.64. The van der Waals surface area contributed by atoms with Crippen molar-refractivity contribution < 1.29 is 14.3 Å². The van der Waals surface area contributed by atoms with Gasteiger partial charge < -0.3 is 14.3 Å². The Balaban J connectivity index is 1.78. The van der Waals surface area contributed by atoms with Crippen LogP contribution < -0.4 is 0 Å². The number of rotatable bonds is 6. The normalized spacial score (nSPS) is 16.3. The van der Waals surface area contributed by atoms with E-state index in [1.165, 1.54) is 0 Å². The zero-order chi connectivity index (χ0) is 20.3. The monoisotopic (exact) mass is 471 g/mol. The van der Waals surface area contributed by atoms with Gasteiger partial charge in [-0.1, -0.05) is 70.0 Å². The topological polar surface area (TPSA) is 40.0 Å². The summed E-state index contributed by atoms with van der Waals surface area (Å²) in [5, 5.41) is 4.35. The Hall–Kier alpha value is -2.18. The van der Waals surface area contributed by atoms with Crippen molar-refractivity contribution in [2.24, 2.45) is 5.16 Å². The molecule has 1 unspecified atom stereocenters. The van der Waals surface area contributed by atoms with Gasteiger partial charge in [-0.15, -0.1) is 5.16 Å². The lowest BCUT2D eigenvalue weighted by molar-refractivity contribution is -0.130. The molecule has 29 heavy (non-hydrogen) atoms. The first-order valence-electron chi connectivity index (χ1n) is 9.14. The van der Waals surface area contributed by atoms with Crippen LogP contribution in [0.15, 0.2) is 82.4 Å². The summed E-state index contributed by atoms with van der Waals surface area (Å²) in [7, 11) is 0. The van der Waals surface area contributed by atoms with E-state index in [4.69, 9.17) is 25.9 Å². The maximum atomic E-state index is 6.12. The number of benzene rings is 3. The van der Waals surface area contributed by atoms with Crippen LogP contribution in [0.5, 0.6) is 0 Å². The molecule has 3 aromatic rings. The van der Waals surface area contributed by atoms with Crippen LogP contribution in [0, 0.1) is 0 Å². The average Bonchev–Trinajstić information content (AvgIpc) is 3.24. The third-order valence-electron chi connectivity index (χ3n) is 4.82. The Morgan fingerprint density at radius 1 is 0.931 bits per heavy atom. The number of halogens is 2. The smallest absolute Gasteiger partial charge is 0.222 e. The molecule has 0 bridgehead atoms. The van der Waals surface area contributed by atoms with Gasteiger partial charge in [-0.3, -0.25) is 0 Å². The van der Waals surface area contributed by atoms with Gasteiger partial charge in [0, 0.05) is 38.5 Å². The molecule has 1 fully saturated rings. The number of hydrogen-bond acceptors (Lipinski definition) is 4. The highest BCUT2D eigenvalue weighted by atomic mass is 79.9. The molecule has 1 heterocycles. The van der Waals surface area contributed by atoms with Crippen molar-refractivity contribution in [3.05, 3.63) is 105 Å². The first kappa shape index (κ1) is 20.1. The highest BCUT2D eigenvalue weighted by molar-refractivity contribution is 9.10. The number of hydrogen-bond donors (Lipinski definition) is 0. The molecule has 0 aromatic heterocycles. The molecule has 0 saturated carbocycles. The summed E-state index contributed by atoms with van der Waals surface area (Å²) in [5.74, 6) is -0.982. The number of oxime groups is 1. The minimum atomic E-state index is -0.982. The van der Waals surface area contributed by atoms with Gasteiger partial charge in [-0.05, 0) is 30.3 Å². The first-order valence-corrected chi connectivity index (χ1v) is 10.3. The van der Waals surface area contributed by atoms with Crippen molar-refractivity contribution in [2.45, 2.75) is 11.9 Å². The van der Waals surface area contributed by atoms with Gasteiger partial charge in [-0.25, -0.2) is 0 Å². The van der Waals surface area contributed by atoms with Crippen LogP contribution in [0.1, 0.15) is 28.4 Å². The number of nitrogens with zero attached hydrogens (tertiary/aromatic N) is 1. The summed E-state index contributed by atoms with van der Waals surface area (Å²) in [6, 6.07) is 23.4. The van der Waals surface area contributed by atoms with E-state index in [1.54, 1.807) is 0 Å². The minimum Gasteiger partial charge on any atom is -0.383 e. The third kappa shape index (κ3) is 4.09. The van der Waals surface area contributed by atoms with Gasteiger partial charge in [0.15, 0.2) is 6.10 Å². The Labute approximate surface area is 183 Å². The highest BCUT2D eigenvalue weighted by Crippen LogP contribution is 2.40. The Bertz CT molecular complexity index is 1000. The van der Waals surface area contributed by atoms with Crippen molar-refractivity contribution in [3.8, 4) is 0 Å². The molecule has 0 aliphatic carbocycles. The lowest BCUT2D eigenvalue weighted by atomic mass is 9.93. The number of ether oxygens (including phenoxy) is 2. The van der Waals surface area contributed by atoms with Gasteiger partial charge in [0.05, 0.1) is 13.2 Å². The van der Waals surface area contributed by atoms with Crippen LogP contribution in [0.3, 0.4) is 0 Å². The second-order valence-electron chi connectivity index (χ2n) is 6.62. The predicted octanol–water partition coefficient (Wildman–Crippen LogP) is 6.07. The van der Waals surface area contributed by atoms with Crippen LogP contribution in [0.4, 0.5) is 0 Å². The summed E-state index contributed by atoms with van der Waals surface area (Å²) in [6.45, 7) is 4.51. The Morgan fingerprint density at radius 3 is 2.24 bits per heavy atom. The molecule has 0 spiro atoms. The molecular weight excluding hydrogens is 454 g/mol. The molecule has 1 aliphatic rings. The van der Waals surface area contributed by atoms with Crippen LogP contribution >= 0.6 is 27.5 Å². The molecule has 1 atom stereocenters. The summed E-state index contributed by atoms with van der Waals surface area (Å²) < 4.78 is 13.2. The first-order chi connectivity index (χ1) is 14.1. The van der Waals surface area contributed by atoms with Crippen molar-refractivity contribution in [3.63, 3.8) is 0 Å². The van der Waals surface area contributed by atoms with Gasteiger partial charge in [-0.2, -0.15) is 0 Å². The summed E-state index contributed by atoms with van der Waals surface area (Å²) >= 11 is 9.59. The molecule has 1 saturated heterocycles. The zero-order valence-electron chi connectivity index (χ0n) is 15.6. The summed E-state index contributed by atoms with van der Waals surface area (Å²) in [4.78, 5) is 5.64. The van der Waals surface area contributed by atoms with E-state index in [0.29, 0.717) is 18.2 Å². The minimum absolute atomic E-state index is 0.409. The van der Waals surface area contributed by atoms with E-state index in [9.17, 15) is 0 Å². The average molecular weight is 473 g/mol. The standard InChI is InChI=1S/C23H19BrClNO3/c1-26-29-22(17-5-3-7-20(24)15-17)16-4-2-6-19(14-16)23(27-12-13-28-23)18-8-10-21(25)11-9-18/h2-11,14-15,22H,1,12-13H2. The van der Waals surface area contributed by atoms with E-state index in [-0.39, 0.29) is 0 Å². The fourth-order valence-electron chi connectivity index (χ4n) is 3.55. The molecule has 6 heteroatoms. The second-order valence-corrected chi connectivity index (χ2v) is 7.97. The highest BCUT2D eigenvalue weighted by Gasteiger charge is 2.41. The summed E-state index contributed by atoms with van der Waals surface area (Å²) in [6.07, 6.45) is -0.409. The molecule has 1 aliphatic heterocycles. The maximum Gasteiger partial charge on any atom is 0.222 e. The van der Waals surface area contributed by atoms with Crippen LogP contribution in [0.2, 0.25) is 5.02 Å². The lowest BCUT2D eigenvalue weighted by Gasteiger charge is -2.29. The van der Waals surface area contributed by atoms with Crippen molar-refractivity contribution in [2.75, 3.05) is 13.2 Å². The van der Waals surface area contributed by atoms with E-state index in [1.807, 2.05) is 72.8 Å². The fraction of sp³-hybridized carbons (Fsp3) is 0.174. The zero-order valence-corrected chi connectivity index (χ0v) is 17.9. The van der Waals surface area contributed by atoms with E-state index < -0.39 is 11.9 Å². The predicted molar refractivity (Wildman–Crippen MR) is 117 cm³/mol. The van der Waals surface area contributed by atoms with E-state index in [0.717, 1.165) is 26.7 Å². The molecule has 4 nitrogen and oxygen atoms in total. The lowest BCUT2D eigenvalue weighted by Crippen LogP contribution is -2.29. The molecular formula is C23H19BrClNO3. The molecule has 0 N–H and O–H groups in total.